The van der Waals surface area contributed by atoms with Crippen molar-refractivity contribution < 1.29 is 19.2 Å². The predicted octanol–water partition coefficient (Wildman–Crippen LogP) is 1.96. The van der Waals surface area contributed by atoms with E-state index in [-0.39, 0.29) is 12.0 Å². The fraction of sp³-hybridized carbons (Fsp3) is 0.714. The third-order valence-electron chi connectivity index (χ3n) is 2.97. The van der Waals surface area contributed by atoms with Crippen LogP contribution in [0.3, 0.4) is 0 Å². The highest BCUT2D eigenvalue weighted by Gasteiger charge is 2.24. The second-order valence-corrected chi connectivity index (χ2v) is 5.79. The Kier molecular flexibility index (Phi) is 5.56. The lowest BCUT2D eigenvalue weighted by atomic mass is 10.0. The van der Waals surface area contributed by atoms with Crippen molar-refractivity contribution in [2.45, 2.75) is 39.2 Å². The molecule has 0 aromatic carbocycles. The summed E-state index contributed by atoms with van der Waals surface area (Å²) in [7, 11) is 3.01. The first-order valence-electron chi connectivity index (χ1n) is 6.72. The first-order chi connectivity index (χ1) is 9.23. The summed E-state index contributed by atoms with van der Waals surface area (Å²) in [5.41, 5.74) is 0.545. The standard InChI is InChI=1S/C14H24N2O4/c1-14(2,3)20-13(18)16-8-6-11(7-9-16)10-12(17)15(4)19-5/h10H,6-9H2,1-5H3. The molecule has 1 aliphatic heterocycles. The molecule has 20 heavy (non-hydrogen) atoms. The van der Waals surface area contributed by atoms with Gasteiger partial charge in [-0.15, -0.1) is 0 Å². The predicted molar refractivity (Wildman–Crippen MR) is 74.9 cm³/mol. The quantitative estimate of drug-likeness (QED) is 0.574. The Balaban J connectivity index is 2.50. The van der Waals surface area contributed by atoms with Crippen molar-refractivity contribution in [2.24, 2.45) is 0 Å². The smallest absolute Gasteiger partial charge is 0.410 e. The minimum absolute atomic E-state index is 0.187. The summed E-state index contributed by atoms with van der Waals surface area (Å²) >= 11 is 0. The average molecular weight is 284 g/mol. The minimum atomic E-state index is -0.482. The molecule has 0 aliphatic carbocycles. The minimum Gasteiger partial charge on any atom is -0.444 e. The molecule has 0 saturated carbocycles. The third-order valence-corrected chi connectivity index (χ3v) is 2.97. The van der Waals surface area contributed by atoms with Crippen molar-refractivity contribution >= 4 is 12.0 Å². The van der Waals surface area contributed by atoms with Gasteiger partial charge in [-0.05, 0) is 33.6 Å². The fourth-order valence-corrected chi connectivity index (χ4v) is 1.80. The van der Waals surface area contributed by atoms with Crippen molar-refractivity contribution in [3.8, 4) is 0 Å². The van der Waals surface area contributed by atoms with E-state index in [4.69, 9.17) is 9.57 Å². The van der Waals surface area contributed by atoms with Gasteiger partial charge in [-0.25, -0.2) is 9.86 Å². The van der Waals surface area contributed by atoms with Gasteiger partial charge >= 0.3 is 6.09 Å². The van der Waals surface area contributed by atoms with E-state index < -0.39 is 5.60 Å². The van der Waals surface area contributed by atoms with Crippen LogP contribution < -0.4 is 0 Å². The van der Waals surface area contributed by atoms with E-state index in [1.54, 1.807) is 18.0 Å². The van der Waals surface area contributed by atoms with E-state index >= 15 is 0 Å². The SMILES string of the molecule is CON(C)C(=O)C=C1CCN(C(=O)OC(C)(C)C)CC1. The number of hydrogen-bond acceptors (Lipinski definition) is 4. The molecule has 6 heteroatoms. The lowest BCUT2D eigenvalue weighted by Crippen LogP contribution is -2.40. The molecule has 0 aromatic rings. The molecule has 114 valence electrons. The van der Waals surface area contributed by atoms with Gasteiger partial charge in [0.1, 0.15) is 5.60 Å². The van der Waals surface area contributed by atoms with Gasteiger partial charge in [0.25, 0.3) is 5.91 Å². The summed E-state index contributed by atoms with van der Waals surface area (Å²) in [6.07, 6.45) is 2.65. The first-order valence-corrected chi connectivity index (χ1v) is 6.72. The number of ether oxygens (including phenoxy) is 1. The van der Waals surface area contributed by atoms with Crippen LogP contribution in [0.5, 0.6) is 0 Å². The molecule has 6 nitrogen and oxygen atoms in total. The topological polar surface area (TPSA) is 59.1 Å². The Labute approximate surface area is 120 Å². The van der Waals surface area contributed by atoms with Gasteiger partial charge in [0, 0.05) is 26.2 Å². The maximum atomic E-state index is 11.9. The lowest BCUT2D eigenvalue weighted by Gasteiger charge is -2.31. The zero-order valence-electron chi connectivity index (χ0n) is 12.9. The molecule has 0 atom stereocenters. The summed E-state index contributed by atoms with van der Waals surface area (Å²) in [6, 6.07) is 0. The number of nitrogens with zero attached hydrogens (tertiary/aromatic N) is 2. The van der Waals surface area contributed by atoms with E-state index in [0.29, 0.717) is 25.9 Å². The van der Waals surface area contributed by atoms with Crippen LogP contribution >= 0.6 is 0 Å². The third kappa shape index (κ3) is 5.21. The van der Waals surface area contributed by atoms with Crippen LogP contribution in [0.2, 0.25) is 0 Å². The molecule has 0 aromatic heterocycles. The summed E-state index contributed by atoms with van der Waals surface area (Å²) in [6.45, 7) is 6.69. The van der Waals surface area contributed by atoms with Gasteiger partial charge in [0.2, 0.25) is 0 Å². The number of piperidine rings is 1. The monoisotopic (exact) mass is 284 g/mol. The Morgan fingerprint density at radius 3 is 2.25 bits per heavy atom. The number of likely N-dealkylation sites (tertiary alicyclic amines) is 1. The average Bonchev–Trinajstić information content (AvgIpc) is 2.36. The highest BCUT2D eigenvalue weighted by atomic mass is 16.7. The van der Waals surface area contributed by atoms with E-state index in [1.165, 1.54) is 12.2 Å². The van der Waals surface area contributed by atoms with Gasteiger partial charge in [-0.2, -0.15) is 0 Å². The van der Waals surface area contributed by atoms with E-state index in [0.717, 1.165) is 5.57 Å². The molecule has 0 spiro atoms. The number of hydrogen-bond donors (Lipinski definition) is 0. The molecule has 1 rings (SSSR count). The van der Waals surface area contributed by atoms with Crippen LogP contribution in [-0.2, 0) is 14.4 Å². The molecule has 0 unspecified atom stereocenters. The summed E-state index contributed by atoms with van der Waals surface area (Å²) in [5, 5.41) is 1.17. The fourth-order valence-electron chi connectivity index (χ4n) is 1.80. The van der Waals surface area contributed by atoms with E-state index in [1.807, 2.05) is 20.8 Å². The lowest BCUT2D eigenvalue weighted by molar-refractivity contribution is -0.162. The van der Waals surface area contributed by atoms with Crippen molar-refractivity contribution in [1.82, 2.24) is 9.96 Å². The normalized spacial score (nSPS) is 15.8. The van der Waals surface area contributed by atoms with E-state index in [2.05, 4.69) is 0 Å². The molecule has 0 N–H and O–H groups in total. The maximum Gasteiger partial charge on any atom is 0.410 e. The molecule has 1 aliphatic rings. The molecule has 1 saturated heterocycles. The molecule has 0 bridgehead atoms. The van der Waals surface area contributed by atoms with E-state index in [9.17, 15) is 9.59 Å². The Morgan fingerprint density at radius 1 is 1.25 bits per heavy atom. The number of likely N-dealkylation sites (N-methyl/N-ethyl adjacent to an activating group) is 1. The Hall–Kier alpha value is -1.56. The first kappa shape index (κ1) is 16.5. The van der Waals surface area contributed by atoms with Gasteiger partial charge in [0.15, 0.2) is 0 Å². The molecular weight excluding hydrogens is 260 g/mol. The van der Waals surface area contributed by atoms with Crippen molar-refractivity contribution in [1.29, 1.82) is 0 Å². The molecule has 1 heterocycles. The molecular formula is C14H24N2O4. The highest BCUT2D eigenvalue weighted by molar-refractivity contribution is 5.87. The van der Waals surface area contributed by atoms with Crippen LogP contribution in [-0.4, -0.2) is 54.8 Å². The number of carbonyl (C=O) groups is 2. The second kappa shape index (κ2) is 6.74. The van der Waals surface area contributed by atoms with Gasteiger partial charge in [0.05, 0.1) is 7.11 Å². The largest absolute Gasteiger partial charge is 0.444 e. The van der Waals surface area contributed by atoms with Crippen molar-refractivity contribution in [2.75, 3.05) is 27.2 Å². The van der Waals surface area contributed by atoms with Crippen LogP contribution in [0, 0.1) is 0 Å². The van der Waals surface area contributed by atoms with Crippen molar-refractivity contribution in [3.05, 3.63) is 11.6 Å². The maximum absolute atomic E-state index is 11.9. The van der Waals surface area contributed by atoms with Gasteiger partial charge in [-0.3, -0.25) is 9.63 Å². The summed E-state index contributed by atoms with van der Waals surface area (Å²) in [4.78, 5) is 30.0. The van der Waals surface area contributed by atoms with Crippen LogP contribution in [0.15, 0.2) is 11.6 Å². The number of amides is 2. The number of carbonyl (C=O) groups excluding carboxylic acids is 2. The summed E-state index contributed by atoms with van der Waals surface area (Å²) < 4.78 is 5.32. The number of hydroxylamine groups is 2. The number of rotatable bonds is 2. The van der Waals surface area contributed by atoms with Crippen LogP contribution in [0.4, 0.5) is 4.79 Å². The zero-order valence-corrected chi connectivity index (χ0v) is 12.9. The summed E-state index contributed by atoms with van der Waals surface area (Å²) in [5.74, 6) is -0.187. The van der Waals surface area contributed by atoms with Crippen LogP contribution in [0.25, 0.3) is 0 Å². The second-order valence-electron chi connectivity index (χ2n) is 5.79. The van der Waals surface area contributed by atoms with Crippen LogP contribution in [0.1, 0.15) is 33.6 Å². The van der Waals surface area contributed by atoms with Gasteiger partial charge < -0.3 is 9.64 Å². The highest BCUT2D eigenvalue weighted by Crippen LogP contribution is 2.19. The van der Waals surface area contributed by atoms with Crippen molar-refractivity contribution in [3.63, 3.8) is 0 Å². The zero-order chi connectivity index (χ0) is 15.3. The van der Waals surface area contributed by atoms with Gasteiger partial charge in [-0.1, -0.05) is 5.57 Å². The molecule has 2 amide bonds. The Morgan fingerprint density at radius 2 is 1.80 bits per heavy atom. The Bertz CT molecular complexity index is 388. The molecule has 0 radical (unpaired) electrons. The molecule has 1 fully saturated rings.